The number of pyridine rings is 1. The van der Waals surface area contributed by atoms with Crippen molar-refractivity contribution < 1.29 is 31.8 Å². The second-order valence-electron chi connectivity index (χ2n) is 9.82. The number of carbonyl (C=O) groups excluding carboxylic acids is 1. The van der Waals surface area contributed by atoms with Gasteiger partial charge < -0.3 is 24.3 Å². The van der Waals surface area contributed by atoms with Gasteiger partial charge in [-0.3, -0.25) is 14.8 Å². The van der Waals surface area contributed by atoms with E-state index in [0.717, 1.165) is 32.1 Å². The van der Waals surface area contributed by atoms with Crippen LogP contribution in [0.4, 0.5) is 23.2 Å². The van der Waals surface area contributed by atoms with Gasteiger partial charge in [0.05, 0.1) is 32.0 Å². The third kappa shape index (κ3) is 4.94. The zero-order chi connectivity index (χ0) is 27.1. The van der Waals surface area contributed by atoms with Crippen LogP contribution in [0.15, 0.2) is 6.20 Å². The number of nitrogens with one attached hydrogen (secondary N) is 2. The molecule has 1 amide bonds. The van der Waals surface area contributed by atoms with Crippen molar-refractivity contribution in [2.24, 2.45) is 0 Å². The first-order chi connectivity index (χ1) is 18.8. The lowest BCUT2D eigenvalue weighted by atomic mass is 10.0. The highest BCUT2D eigenvalue weighted by atomic mass is 19.4. The molecule has 0 aliphatic carbocycles. The average molecular weight is 553 g/mol. The molecule has 0 bridgehead atoms. The largest absolute Gasteiger partial charge is 0.435 e. The first-order valence-electron chi connectivity index (χ1n) is 13.0. The Labute approximate surface area is 220 Å². The van der Waals surface area contributed by atoms with Crippen LogP contribution in [0.2, 0.25) is 0 Å². The summed E-state index contributed by atoms with van der Waals surface area (Å²) in [6.07, 6.45) is -2.24. The van der Waals surface area contributed by atoms with Crippen molar-refractivity contribution in [1.82, 2.24) is 34.9 Å². The van der Waals surface area contributed by atoms with Gasteiger partial charge in [0.1, 0.15) is 16.9 Å². The maximum atomic E-state index is 16.0. The second kappa shape index (κ2) is 10.4. The molecule has 39 heavy (non-hydrogen) atoms. The van der Waals surface area contributed by atoms with Crippen molar-refractivity contribution >= 4 is 22.8 Å². The summed E-state index contributed by atoms with van der Waals surface area (Å²) in [7, 11) is 0. The van der Waals surface area contributed by atoms with Crippen molar-refractivity contribution in [1.29, 1.82) is 0 Å². The van der Waals surface area contributed by atoms with Crippen molar-refractivity contribution in [3.63, 3.8) is 0 Å². The number of rotatable bonds is 4. The van der Waals surface area contributed by atoms with E-state index in [0.29, 0.717) is 58.6 Å². The number of aromatic amines is 2. The number of halogens is 4. The fourth-order valence-electron chi connectivity index (χ4n) is 5.56. The van der Waals surface area contributed by atoms with E-state index in [4.69, 9.17) is 9.47 Å². The van der Waals surface area contributed by atoms with Gasteiger partial charge in [-0.25, -0.2) is 14.4 Å². The van der Waals surface area contributed by atoms with E-state index in [1.54, 1.807) is 9.80 Å². The molecule has 0 atom stereocenters. The van der Waals surface area contributed by atoms with Crippen molar-refractivity contribution in [3.05, 3.63) is 23.5 Å². The summed E-state index contributed by atoms with van der Waals surface area (Å²) >= 11 is 0. The molecule has 2 N–H and O–H groups in total. The molecule has 3 aromatic heterocycles. The third-order valence-corrected chi connectivity index (χ3v) is 7.56. The number of anilines is 1. The quantitative estimate of drug-likeness (QED) is 0.474. The van der Waals surface area contributed by atoms with Crippen LogP contribution in [0.5, 0.6) is 0 Å². The summed E-state index contributed by atoms with van der Waals surface area (Å²) in [5, 5.41) is 5.44. The molecule has 6 rings (SSSR count). The Hall–Kier alpha value is -3.30. The minimum Gasteiger partial charge on any atom is -0.379 e. The number of morpholine rings is 2. The van der Waals surface area contributed by atoms with Crippen LogP contribution < -0.4 is 4.90 Å². The fraction of sp³-hybridized carbons (Fsp3) is 0.583. The van der Waals surface area contributed by atoms with E-state index < -0.39 is 28.9 Å². The van der Waals surface area contributed by atoms with Crippen molar-refractivity contribution in [2.75, 3.05) is 70.6 Å². The van der Waals surface area contributed by atoms with Gasteiger partial charge in [-0.2, -0.15) is 18.3 Å². The number of H-pyrrole nitrogens is 2. The highest BCUT2D eigenvalue weighted by Crippen LogP contribution is 2.39. The van der Waals surface area contributed by atoms with Gasteiger partial charge in [-0.15, -0.1) is 0 Å². The number of aromatic nitrogens is 5. The molecule has 3 aromatic rings. The predicted molar refractivity (Wildman–Crippen MR) is 131 cm³/mol. The highest BCUT2D eigenvalue weighted by Gasteiger charge is 2.39. The van der Waals surface area contributed by atoms with Gasteiger partial charge in [0.25, 0.3) is 5.91 Å². The predicted octanol–water partition coefficient (Wildman–Crippen LogP) is 2.28. The summed E-state index contributed by atoms with van der Waals surface area (Å²) in [5.41, 5.74) is -2.24. The number of ether oxygens (including phenoxy) is 2. The maximum Gasteiger partial charge on any atom is 0.435 e. The molecule has 0 aromatic carbocycles. The van der Waals surface area contributed by atoms with Gasteiger partial charge in [-0.1, -0.05) is 0 Å². The molecule has 3 saturated heterocycles. The molecule has 0 saturated carbocycles. The van der Waals surface area contributed by atoms with Gasteiger partial charge in [0, 0.05) is 51.5 Å². The number of fused-ring (bicyclic) bond motifs is 1. The van der Waals surface area contributed by atoms with E-state index in [9.17, 15) is 18.0 Å². The number of likely N-dealkylation sites (tertiary alicyclic amines) is 1. The molecule has 3 fully saturated rings. The molecule has 0 unspecified atom stereocenters. The van der Waals surface area contributed by atoms with Crippen LogP contribution in [0, 0.1) is 5.82 Å². The molecule has 0 spiro atoms. The van der Waals surface area contributed by atoms with Crippen LogP contribution in [0.3, 0.4) is 0 Å². The van der Waals surface area contributed by atoms with Crippen LogP contribution in [0.25, 0.3) is 22.4 Å². The van der Waals surface area contributed by atoms with E-state index in [-0.39, 0.29) is 28.6 Å². The number of piperidine rings is 1. The number of hydrogen-bond donors (Lipinski definition) is 2. The van der Waals surface area contributed by atoms with Crippen molar-refractivity contribution in [3.8, 4) is 11.3 Å². The Morgan fingerprint density at radius 2 is 1.64 bits per heavy atom. The first kappa shape index (κ1) is 26.0. The lowest BCUT2D eigenvalue weighted by Crippen LogP contribution is -2.50. The van der Waals surface area contributed by atoms with E-state index in [1.165, 1.54) is 0 Å². The smallest absolute Gasteiger partial charge is 0.379 e. The SMILES string of the molecule is O=C(c1nc2c(N3CCOCC3)c(F)c(-c3c[nH]nc3C(F)(F)F)nc2[nH]1)N1CCC(N2CCOCC2)CC1. The molecular formula is C24H28F4N8O3. The van der Waals surface area contributed by atoms with Gasteiger partial charge in [0.2, 0.25) is 0 Å². The minimum atomic E-state index is -4.82. The highest BCUT2D eigenvalue weighted by molar-refractivity contribution is 5.97. The Morgan fingerprint density at radius 3 is 2.31 bits per heavy atom. The second-order valence-corrected chi connectivity index (χ2v) is 9.82. The van der Waals surface area contributed by atoms with E-state index >= 15 is 4.39 Å². The number of imidazole rings is 1. The van der Waals surface area contributed by atoms with Crippen LogP contribution >= 0.6 is 0 Å². The first-order valence-corrected chi connectivity index (χ1v) is 13.0. The lowest BCUT2D eigenvalue weighted by Gasteiger charge is -2.39. The normalized spacial score (nSPS) is 20.2. The van der Waals surface area contributed by atoms with Crippen molar-refractivity contribution in [2.45, 2.75) is 25.1 Å². The molecule has 210 valence electrons. The monoisotopic (exact) mass is 552 g/mol. The van der Waals surface area contributed by atoms with Gasteiger partial charge in [0.15, 0.2) is 23.0 Å². The van der Waals surface area contributed by atoms with Crippen LogP contribution in [-0.2, 0) is 15.7 Å². The standard InChI is InChI=1S/C24H28F4N8O3/c25-16-17(15-13-29-33-20(15)24(26,27)28)30-21-18(19(16)35-7-11-39-12-8-35)31-22(32-21)23(37)36-3-1-14(2-4-36)34-5-9-38-10-6-34/h13-14H,1-12H2,(H,29,33)(H,30,31,32). The van der Waals surface area contributed by atoms with Gasteiger partial charge in [-0.05, 0) is 12.8 Å². The summed E-state index contributed by atoms with van der Waals surface area (Å²) in [4.78, 5) is 30.6. The molecule has 3 aliphatic heterocycles. The zero-order valence-electron chi connectivity index (χ0n) is 21.1. The average Bonchev–Trinajstić information content (AvgIpc) is 3.61. The van der Waals surface area contributed by atoms with E-state index in [1.807, 2.05) is 0 Å². The number of amides is 1. The maximum absolute atomic E-state index is 16.0. The van der Waals surface area contributed by atoms with Gasteiger partial charge >= 0.3 is 6.18 Å². The van der Waals surface area contributed by atoms with Crippen LogP contribution in [0.1, 0.15) is 29.2 Å². The topological polar surface area (TPSA) is 116 Å². The van der Waals surface area contributed by atoms with Crippen LogP contribution in [-0.4, -0.2) is 113 Å². The number of hydrogen-bond acceptors (Lipinski definition) is 8. The third-order valence-electron chi connectivity index (χ3n) is 7.56. The fourth-order valence-corrected chi connectivity index (χ4v) is 5.56. The van der Waals surface area contributed by atoms with E-state index in [2.05, 4.69) is 30.0 Å². The summed E-state index contributed by atoms with van der Waals surface area (Å²) in [5.74, 6) is -1.35. The molecule has 15 heteroatoms. The Bertz CT molecular complexity index is 1340. The Balaban J connectivity index is 1.33. The summed E-state index contributed by atoms with van der Waals surface area (Å²) in [6.45, 7) is 5.46. The number of carbonyl (C=O) groups is 1. The molecule has 6 heterocycles. The molecule has 3 aliphatic rings. The lowest BCUT2D eigenvalue weighted by molar-refractivity contribution is -0.140. The Kier molecular flexibility index (Phi) is 6.89. The summed E-state index contributed by atoms with van der Waals surface area (Å²) in [6, 6.07) is 0.373. The summed E-state index contributed by atoms with van der Waals surface area (Å²) < 4.78 is 67.6. The zero-order valence-corrected chi connectivity index (χ0v) is 21.1. The molecule has 0 radical (unpaired) electrons. The number of nitrogens with zero attached hydrogens (tertiary/aromatic N) is 6. The Morgan fingerprint density at radius 1 is 0.974 bits per heavy atom. The number of alkyl halides is 3. The minimum absolute atomic E-state index is 0.0195. The molecule has 11 nitrogen and oxygen atoms in total. The molecular weight excluding hydrogens is 524 g/mol.